The van der Waals surface area contributed by atoms with Gasteiger partial charge in [0.25, 0.3) is 0 Å². The average molecular weight is 566 g/mol. The molecule has 0 spiro atoms. The van der Waals surface area contributed by atoms with Crippen molar-refractivity contribution in [2.45, 2.75) is 38.1 Å². The zero-order valence-corrected chi connectivity index (χ0v) is 23.3. The van der Waals surface area contributed by atoms with Gasteiger partial charge in [-0.1, -0.05) is 61.5 Å². The molecule has 1 amide bonds. The number of nitrogens with one attached hydrogen (secondary N) is 2. The Morgan fingerprint density at radius 3 is 2.36 bits per heavy atom. The summed E-state index contributed by atoms with van der Waals surface area (Å²) in [5, 5.41) is 6.04. The molecule has 4 aromatic rings. The van der Waals surface area contributed by atoms with E-state index in [1.165, 1.54) is 11.3 Å². The quantitative estimate of drug-likeness (QED) is 0.199. The molecule has 2 unspecified atom stereocenters. The van der Waals surface area contributed by atoms with Crippen LogP contribution in [0.2, 0.25) is 0 Å². The minimum atomic E-state index is -4.36. The van der Waals surface area contributed by atoms with Gasteiger partial charge in [0.2, 0.25) is 5.91 Å². The molecule has 0 aliphatic heterocycles. The molecule has 2 atom stereocenters. The molecule has 0 saturated carbocycles. The summed E-state index contributed by atoms with van der Waals surface area (Å²) in [6.45, 7) is 2.03. The number of anilines is 1. The van der Waals surface area contributed by atoms with Crippen molar-refractivity contribution >= 4 is 33.2 Å². The van der Waals surface area contributed by atoms with Crippen molar-refractivity contribution < 1.29 is 22.5 Å². The van der Waals surface area contributed by atoms with E-state index in [-0.39, 0.29) is 11.6 Å². The van der Waals surface area contributed by atoms with E-state index in [0.29, 0.717) is 18.6 Å². The smallest absolute Gasteiger partial charge is 0.357 e. The zero-order chi connectivity index (χ0) is 27.8. The third-order valence-electron chi connectivity index (χ3n) is 6.28. The number of nitrogens with zero attached hydrogens (tertiary/aromatic N) is 1. The summed E-state index contributed by atoms with van der Waals surface area (Å²) in [5.41, 5.74) is 3.96. The topological polar surface area (TPSA) is 118 Å². The third-order valence-corrected chi connectivity index (χ3v) is 7.78. The fourth-order valence-electron chi connectivity index (χ4n) is 4.28. The number of carbonyl (C=O) groups is 1. The summed E-state index contributed by atoms with van der Waals surface area (Å²) in [7, 11) is -2.76. The predicted octanol–water partition coefficient (Wildman–Crippen LogP) is 5.36. The molecule has 8 nitrogen and oxygen atoms in total. The Morgan fingerprint density at radius 2 is 1.72 bits per heavy atom. The Morgan fingerprint density at radius 1 is 1.00 bits per heavy atom. The molecule has 39 heavy (non-hydrogen) atoms. The standard InChI is InChI=1S/C29H31N3O5S2/c1-3-23-19-38-29(30-23)27(17-21-12-14-24(15-13-21)32-39(34,35)36)31-28(33)26(16-20-8-5-4-6-9-20)22-10-7-11-25(18-22)37-2/h4-15,18-19,26-27,32H,3,16-17H2,1-2H3,(H,31,33)(H,34,35,36). The van der Waals surface area contributed by atoms with Crippen LogP contribution in [0.15, 0.2) is 84.2 Å². The fraction of sp³-hybridized carbons (Fsp3) is 0.241. The largest absolute Gasteiger partial charge is 0.497 e. The van der Waals surface area contributed by atoms with Crippen molar-refractivity contribution in [1.82, 2.24) is 10.3 Å². The molecule has 0 aliphatic rings. The van der Waals surface area contributed by atoms with E-state index < -0.39 is 22.3 Å². The summed E-state index contributed by atoms with van der Waals surface area (Å²) in [6.07, 6.45) is 1.75. The first-order chi connectivity index (χ1) is 18.7. The Hall–Kier alpha value is -3.73. The molecule has 1 heterocycles. The van der Waals surface area contributed by atoms with Gasteiger partial charge in [0.1, 0.15) is 10.8 Å². The summed E-state index contributed by atoms with van der Waals surface area (Å²) in [6, 6.07) is 23.7. The Kier molecular flexibility index (Phi) is 9.34. The minimum Gasteiger partial charge on any atom is -0.497 e. The van der Waals surface area contributed by atoms with Crippen molar-refractivity contribution in [1.29, 1.82) is 0 Å². The number of aromatic nitrogens is 1. The highest BCUT2D eigenvalue weighted by molar-refractivity contribution is 7.87. The monoisotopic (exact) mass is 565 g/mol. The van der Waals surface area contributed by atoms with Gasteiger partial charge in [-0.25, -0.2) is 4.98 Å². The van der Waals surface area contributed by atoms with E-state index >= 15 is 0 Å². The Bertz CT molecular complexity index is 1490. The highest BCUT2D eigenvalue weighted by Gasteiger charge is 2.26. The van der Waals surface area contributed by atoms with E-state index in [2.05, 4.69) is 5.32 Å². The number of aryl methyl sites for hydroxylation is 1. The van der Waals surface area contributed by atoms with Crippen LogP contribution < -0.4 is 14.8 Å². The number of methoxy groups -OCH3 is 1. The van der Waals surface area contributed by atoms with E-state index in [1.54, 1.807) is 31.4 Å². The van der Waals surface area contributed by atoms with Gasteiger partial charge in [-0.15, -0.1) is 11.3 Å². The Balaban J connectivity index is 1.62. The third kappa shape index (κ3) is 8.13. The maximum Gasteiger partial charge on any atom is 0.357 e. The number of hydrogen-bond acceptors (Lipinski definition) is 6. The second kappa shape index (κ2) is 12.9. The number of hydrogen-bond donors (Lipinski definition) is 3. The van der Waals surface area contributed by atoms with Gasteiger partial charge in [0.05, 0.1) is 30.5 Å². The highest BCUT2D eigenvalue weighted by atomic mass is 32.2. The number of carbonyl (C=O) groups excluding carboxylic acids is 1. The second-order valence-electron chi connectivity index (χ2n) is 9.09. The summed E-state index contributed by atoms with van der Waals surface area (Å²) < 4.78 is 38.8. The van der Waals surface area contributed by atoms with Crippen LogP contribution in [0.25, 0.3) is 0 Å². The number of rotatable bonds is 12. The summed E-state index contributed by atoms with van der Waals surface area (Å²) in [5.74, 6) is 0.0907. The number of benzene rings is 3. The maximum absolute atomic E-state index is 13.9. The molecular weight excluding hydrogens is 534 g/mol. The summed E-state index contributed by atoms with van der Waals surface area (Å²) >= 11 is 1.50. The lowest BCUT2D eigenvalue weighted by Crippen LogP contribution is -2.35. The lowest BCUT2D eigenvalue weighted by Gasteiger charge is -2.23. The SMILES string of the molecule is CCc1csc(C(Cc2ccc(NS(=O)(=O)O)cc2)NC(=O)C(Cc2ccccc2)c2cccc(OC)c2)n1. The minimum absolute atomic E-state index is 0.130. The highest BCUT2D eigenvalue weighted by Crippen LogP contribution is 2.28. The van der Waals surface area contributed by atoms with Crippen LogP contribution in [0, 0.1) is 0 Å². The first kappa shape index (κ1) is 28.3. The van der Waals surface area contributed by atoms with Crippen LogP contribution in [-0.4, -0.2) is 31.0 Å². The van der Waals surface area contributed by atoms with Gasteiger partial charge in [-0.3, -0.25) is 14.1 Å². The molecule has 0 bridgehead atoms. The van der Waals surface area contributed by atoms with Gasteiger partial charge < -0.3 is 10.1 Å². The Labute approximate surface area is 233 Å². The van der Waals surface area contributed by atoms with E-state index in [0.717, 1.165) is 33.8 Å². The van der Waals surface area contributed by atoms with Crippen molar-refractivity contribution in [2.24, 2.45) is 0 Å². The molecule has 3 N–H and O–H groups in total. The second-order valence-corrected chi connectivity index (χ2v) is 11.1. The molecule has 0 saturated heterocycles. The molecule has 0 aliphatic carbocycles. The van der Waals surface area contributed by atoms with Crippen molar-refractivity contribution in [3.05, 3.63) is 112 Å². The first-order valence-corrected chi connectivity index (χ1v) is 14.8. The van der Waals surface area contributed by atoms with Crippen LogP contribution >= 0.6 is 11.3 Å². The van der Waals surface area contributed by atoms with Crippen LogP contribution in [0.3, 0.4) is 0 Å². The normalized spacial score (nSPS) is 12.9. The van der Waals surface area contributed by atoms with E-state index in [1.807, 2.05) is 71.6 Å². The zero-order valence-electron chi connectivity index (χ0n) is 21.7. The lowest BCUT2D eigenvalue weighted by atomic mass is 9.90. The van der Waals surface area contributed by atoms with Gasteiger partial charge in [0.15, 0.2) is 0 Å². The van der Waals surface area contributed by atoms with Gasteiger partial charge in [0, 0.05) is 5.38 Å². The molecule has 0 radical (unpaired) electrons. The van der Waals surface area contributed by atoms with Crippen LogP contribution in [-0.2, 0) is 34.4 Å². The maximum atomic E-state index is 13.9. The molecule has 4 rings (SSSR count). The van der Waals surface area contributed by atoms with Gasteiger partial charge in [-0.2, -0.15) is 8.42 Å². The fourth-order valence-corrected chi connectivity index (χ4v) is 5.67. The number of amides is 1. The number of ether oxygens (including phenoxy) is 1. The molecule has 1 aromatic heterocycles. The molecule has 3 aromatic carbocycles. The first-order valence-electron chi connectivity index (χ1n) is 12.5. The summed E-state index contributed by atoms with van der Waals surface area (Å²) in [4.78, 5) is 18.7. The molecular formula is C29H31N3O5S2. The number of thiazole rings is 1. The van der Waals surface area contributed by atoms with Crippen molar-refractivity contribution in [3.8, 4) is 5.75 Å². The van der Waals surface area contributed by atoms with Gasteiger partial charge in [-0.05, 0) is 60.2 Å². The van der Waals surface area contributed by atoms with Crippen molar-refractivity contribution in [2.75, 3.05) is 11.8 Å². The van der Waals surface area contributed by atoms with Crippen LogP contribution in [0.5, 0.6) is 5.75 Å². The van der Waals surface area contributed by atoms with Crippen LogP contribution in [0.1, 0.15) is 46.3 Å². The lowest BCUT2D eigenvalue weighted by molar-refractivity contribution is -0.123. The van der Waals surface area contributed by atoms with E-state index in [4.69, 9.17) is 14.3 Å². The predicted molar refractivity (Wildman–Crippen MR) is 154 cm³/mol. The van der Waals surface area contributed by atoms with Crippen molar-refractivity contribution in [3.63, 3.8) is 0 Å². The molecule has 10 heteroatoms. The van der Waals surface area contributed by atoms with E-state index in [9.17, 15) is 13.2 Å². The average Bonchev–Trinajstić information content (AvgIpc) is 3.41. The van der Waals surface area contributed by atoms with Gasteiger partial charge >= 0.3 is 10.3 Å². The van der Waals surface area contributed by atoms with Crippen LogP contribution in [0.4, 0.5) is 5.69 Å². The molecule has 0 fully saturated rings. The molecule has 204 valence electrons.